The van der Waals surface area contributed by atoms with Gasteiger partial charge in [-0.05, 0) is 38.5 Å². The second-order valence-corrected chi connectivity index (χ2v) is 7.47. The quantitative estimate of drug-likeness (QED) is 0.764. The Morgan fingerprint density at radius 1 is 1.50 bits per heavy atom. The van der Waals surface area contributed by atoms with E-state index in [1.807, 2.05) is 0 Å². The topological polar surface area (TPSA) is 95.1 Å². The summed E-state index contributed by atoms with van der Waals surface area (Å²) in [7, 11) is -3.62. The molecule has 1 aliphatic carbocycles. The van der Waals surface area contributed by atoms with Crippen molar-refractivity contribution in [2.75, 3.05) is 6.54 Å². The van der Waals surface area contributed by atoms with Gasteiger partial charge in [0.25, 0.3) is 10.0 Å². The molecule has 1 aromatic rings. The average Bonchev–Trinajstić information content (AvgIpc) is 2.85. The van der Waals surface area contributed by atoms with Gasteiger partial charge in [-0.3, -0.25) is 0 Å². The van der Waals surface area contributed by atoms with Crippen molar-refractivity contribution in [1.29, 1.82) is 0 Å². The summed E-state index contributed by atoms with van der Waals surface area (Å²) in [5.74, 6) is 1.20. The number of aryl methyl sites for hydroxylation is 1. The molecule has 1 fully saturated rings. The minimum atomic E-state index is -3.62. The zero-order chi connectivity index (χ0) is 14.8. The van der Waals surface area contributed by atoms with Gasteiger partial charge in [0.2, 0.25) is 0 Å². The lowest BCUT2D eigenvalue weighted by Crippen LogP contribution is -2.45. The van der Waals surface area contributed by atoms with Crippen molar-refractivity contribution in [2.24, 2.45) is 5.92 Å². The molecule has 0 saturated heterocycles. The van der Waals surface area contributed by atoms with Crippen molar-refractivity contribution in [3.05, 3.63) is 12.0 Å². The maximum atomic E-state index is 12.1. The Labute approximate surface area is 120 Å². The number of rotatable bonds is 5. The van der Waals surface area contributed by atoms with Crippen LogP contribution in [0.25, 0.3) is 0 Å². The number of nitrogens with zero attached hydrogens (tertiary/aromatic N) is 1. The van der Waals surface area contributed by atoms with Gasteiger partial charge in [-0.1, -0.05) is 13.3 Å². The number of aromatic nitrogens is 2. The van der Waals surface area contributed by atoms with Gasteiger partial charge in [0.15, 0.2) is 5.03 Å². The van der Waals surface area contributed by atoms with Gasteiger partial charge in [0.05, 0.1) is 11.8 Å². The molecule has 7 heteroatoms. The minimum Gasteiger partial charge on any atom is -0.389 e. The van der Waals surface area contributed by atoms with E-state index in [4.69, 9.17) is 0 Å². The summed E-state index contributed by atoms with van der Waals surface area (Å²) >= 11 is 0. The highest BCUT2D eigenvalue weighted by molar-refractivity contribution is 7.89. The third kappa shape index (κ3) is 3.59. The van der Waals surface area contributed by atoms with Gasteiger partial charge in [-0.15, -0.1) is 0 Å². The molecular weight excluding hydrogens is 278 g/mol. The van der Waals surface area contributed by atoms with Crippen molar-refractivity contribution < 1.29 is 13.5 Å². The fourth-order valence-corrected chi connectivity index (χ4v) is 3.73. The maximum Gasteiger partial charge on any atom is 0.257 e. The standard InChI is InChI=1S/C13H23N3O3S/c1-3-11-4-6-13(17,7-5-11)9-15-20(18,19)12-8-14-10(2)16-12/h8,11,15,17H,3-7,9H2,1-2H3,(H,14,16). The molecule has 0 atom stereocenters. The van der Waals surface area contributed by atoms with Crippen LogP contribution in [0.5, 0.6) is 0 Å². The van der Waals surface area contributed by atoms with Crippen LogP contribution < -0.4 is 4.72 Å². The highest BCUT2D eigenvalue weighted by Gasteiger charge is 2.34. The Bertz CT molecular complexity index is 545. The Morgan fingerprint density at radius 3 is 2.65 bits per heavy atom. The lowest BCUT2D eigenvalue weighted by Gasteiger charge is -2.35. The predicted octanol–water partition coefficient (Wildman–Crippen LogP) is 1.33. The van der Waals surface area contributed by atoms with Gasteiger partial charge < -0.3 is 10.1 Å². The summed E-state index contributed by atoms with van der Waals surface area (Å²) in [6.07, 6.45) is 5.62. The number of sulfonamides is 1. The summed E-state index contributed by atoms with van der Waals surface area (Å²) in [6, 6.07) is 0. The van der Waals surface area contributed by atoms with Crippen LogP contribution in [0.4, 0.5) is 0 Å². The first-order chi connectivity index (χ1) is 9.35. The number of aromatic amines is 1. The summed E-state index contributed by atoms with van der Waals surface area (Å²) in [4.78, 5) is 6.57. The molecular formula is C13H23N3O3S. The van der Waals surface area contributed by atoms with Crippen LogP contribution in [-0.4, -0.2) is 35.6 Å². The molecule has 0 unspecified atom stereocenters. The third-order valence-corrected chi connectivity index (χ3v) is 5.48. The molecule has 0 radical (unpaired) electrons. The Kier molecular flexibility index (Phi) is 4.51. The van der Waals surface area contributed by atoms with E-state index in [0.717, 1.165) is 19.3 Å². The zero-order valence-electron chi connectivity index (χ0n) is 12.0. The molecule has 0 amide bonds. The molecule has 20 heavy (non-hydrogen) atoms. The molecule has 1 saturated carbocycles. The molecule has 0 aliphatic heterocycles. The second kappa shape index (κ2) is 5.83. The van der Waals surface area contributed by atoms with Crippen LogP contribution >= 0.6 is 0 Å². The summed E-state index contributed by atoms with van der Waals surface area (Å²) in [5, 5.41) is 10.5. The van der Waals surface area contributed by atoms with Crippen LogP contribution in [0.3, 0.4) is 0 Å². The van der Waals surface area contributed by atoms with Crippen LogP contribution in [0.15, 0.2) is 11.2 Å². The third-order valence-electron chi connectivity index (χ3n) is 4.17. The fraction of sp³-hybridized carbons (Fsp3) is 0.769. The molecule has 114 valence electrons. The first-order valence-electron chi connectivity index (χ1n) is 7.08. The van der Waals surface area contributed by atoms with Gasteiger partial charge in [-0.2, -0.15) is 0 Å². The van der Waals surface area contributed by atoms with E-state index in [1.165, 1.54) is 6.20 Å². The number of imidazole rings is 1. The van der Waals surface area contributed by atoms with Crippen molar-refractivity contribution in [3.63, 3.8) is 0 Å². The smallest absolute Gasteiger partial charge is 0.257 e. The number of hydrogen-bond donors (Lipinski definition) is 3. The first kappa shape index (κ1) is 15.5. The fourth-order valence-electron chi connectivity index (χ4n) is 2.64. The maximum absolute atomic E-state index is 12.1. The SMILES string of the molecule is CCC1CCC(O)(CNS(=O)(=O)c2cnc(C)[nH]2)CC1. The summed E-state index contributed by atoms with van der Waals surface area (Å²) < 4.78 is 26.6. The van der Waals surface area contributed by atoms with E-state index < -0.39 is 15.6 Å². The monoisotopic (exact) mass is 301 g/mol. The van der Waals surface area contributed by atoms with Crippen molar-refractivity contribution in [2.45, 2.75) is 56.6 Å². The highest BCUT2D eigenvalue weighted by Crippen LogP contribution is 2.33. The van der Waals surface area contributed by atoms with E-state index in [1.54, 1.807) is 6.92 Å². The van der Waals surface area contributed by atoms with Crippen LogP contribution in [0.1, 0.15) is 44.9 Å². The number of aliphatic hydroxyl groups is 1. The van der Waals surface area contributed by atoms with Crippen LogP contribution in [0.2, 0.25) is 0 Å². The molecule has 1 heterocycles. The van der Waals surface area contributed by atoms with Gasteiger partial charge in [-0.25, -0.2) is 18.1 Å². The number of H-pyrrole nitrogens is 1. The molecule has 1 aromatic heterocycles. The Hall–Kier alpha value is -0.920. The molecule has 1 aliphatic rings. The predicted molar refractivity (Wildman–Crippen MR) is 75.7 cm³/mol. The van der Waals surface area contributed by atoms with E-state index in [-0.39, 0.29) is 11.6 Å². The van der Waals surface area contributed by atoms with E-state index in [9.17, 15) is 13.5 Å². The molecule has 6 nitrogen and oxygen atoms in total. The average molecular weight is 301 g/mol. The van der Waals surface area contributed by atoms with Crippen LogP contribution in [0, 0.1) is 12.8 Å². The normalized spacial score (nSPS) is 27.6. The van der Waals surface area contributed by atoms with Crippen molar-refractivity contribution >= 4 is 10.0 Å². The first-order valence-corrected chi connectivity index (χ1v) is 8.56. The van der Waals surface area contributed by atoms with Gasteiger partial charge in [0, 0.05) is 6.54 Å². The van der Waals surface area contributed by atoms with E-state index >= 15 is 0 Å². The molecule has 2 rings (SSSR count). The highest BCUT2D eigenvalue weighted by atomic mass is 32.2. The number of hydrogen-bond acceptors (Lipinski definition) is 4. The van der Waals surface area contributed by atoms with Crippen molar-refractivity contribution in [3.8, 4) is 0 Å². The van der Waals surface area contributed by atoms with Gasteiger partial charge >= 0.3 is 0 Å². The lowest BCUT2D eigenvalue weighted by molar-refractivity contribution is -0.00443. The van der Waals surface area contributed by atoms with E-state index in [2.05, 4.69) is 21.6 Å². The summed E-state index contributed by atoms with van der Waals surface area (Å²) in [6.45, 7) is 3.90. The largest absolute Gasteiger partial charge is 0.389 e. The molecule has 3 N–H and O–H groups in total. The lowest BCUT2D eigenvalue weighted by atomic mass is 9.78. The van der Waals surface area contributed by atoms with E-state index in [0.29, 0.717) is 24.6 Å². The zero-order valence-corrected chi connectivity index (χ0v) is 12.8. The number of nitrogens with one attached hydrogen (secondary N) is 2. The molecule has 0 aromatic carbocycles. The summed E-state index contributed by atoms with van der Waals surface area (Å²) in [5.41, 5.74) is -0.923. The van der Waals surface area contributed by atoms with Crippen LogP contribution in [-0.2, 0) is 10.0 Å². The Morgan fingerprint density at radius 2 is 2.15 bits per heavy atom. The Balaban J connectivity index is 1.95. The van der Waals surface area contributed by atoms with Gasteiger partial charge in [0.1, 0.15) is 5.82 Å². The second-order valence-electron chi connectivity index (χ2n) is 5.73. The van der Waals surface area contributed by atoms with Crippen molar-refractivity contribution in [1.82, 2.24) is 14.7 Å². The molecule has 0 spiro atoms. The molecule has 0 bridgehead atoms. The minimum absolute atomic E-state index is 0.0424.